The van der Waals surface area contributed by atoms with Gasteiger partial charge >= 0.3 is 0 Å². The zero-order valence-electron chi connectivity index (χ0n) is 12.7. The average Bonchev–Trinajstić information content (AvgIpc) is 2.50. The number of aryl methyl sites for hydroxylation is 3. The molecule has 3 nitrogen and oxygen atoms in total. The molecule has 114 valence electrons. The van der Waals surface area contributed by atoms with E-state index in [0.717, 1.165) is 22.1 Å². The molecule has 1 aromatic heterocycles. The van der Waals surface area contributed by atoms with Gasteiger partial charge in [0.15, 0.2) is 12.4 Å². The van der Waals surface area contributed by atoms with Crippen molar-refractivity contribution in [3.63, 3.8) is 0 Å². The van der Waals surface area contributed by atoms with Crippen LogP contribution in [0.25, 0.3) is 0 Å². The standard InChI is InChI=1S/C18H19BrN2O/c1-13-6-7-17(16(19)10-13)20-18(22)12-21-9-8-14-4-2-3-5-15(14)11-21/h6-11H,2-5,12H2,1H3/p+1. The number of pyridine rings is 1. The van der Waals surface area contributed by atoms with Gasteiger partial charge in [-0.25, -0.2) is 0 Å². The lowest BCUT2D eigenvalue weighted by Crippen LogP contribution is -2.40. The second-order valence-corrected chi connectivity index (χ2v) is 6.76. The van der Waals surface area contributed by atoms with Gasteiger partial charge in [-0.2, -0.15) is 4.57 Å². The minimum absolute atomic E-state index is 0.00897. The Morgan fingerprint density at radius 1 is 1.23 bits per heavy atom. The van der Waals surface area contributed by atoms with Gasteiger partial charge in [-0.3, -0.25) is 4.79 Å². The van der Waals surface area contributed by atoms with Crippen LogP contribution in [0, 0.1) is 6.92 Å². The number of benzene rings is 1. The Hall–Kier alpha value is -1.68. The minimum atomic E-state index is -0.00897. The van der Waals surface area contributed by atoms with Gasteiger partial charge in [-0.15, -0.1) is 0 Å². The molecule has 0 unspecified atom stereocenters. The van der Waals surface area contributed by atoms with Crippen LogP contribution < -0.4 is 9.88 Å². The number of amides is 1. The SMILES string of the molecule is Cc1ccc(NC(=O)C[n+]2ccc3c(c2)CCCC3)c(Br)c1. The Morgan fingerprint density at radius 2 is 2.00 bits per heavy atom. The molecule has 0 atom stereocenters. The molecule has 2 aromatic rings. The molecule has 22 heavy (non-hydrogen) atoms. The third kappa shape index (κ3) is 3.55. The van der Waals surface area contributed by atoms with Gasteiger partial charge < -0.3 is 5.32 Å². The molecule has 1 heterocycles. The fourth-order valence-electron chi connectivity index (χ4n) is 2.89. The Morgan fingerprint density at radius 3 is 2.77 bits per heavy atom. The first-order chi connectivity index (χ1) is 10.6. The van der Waals surface area contributed by atoms with Crippen molar-refractivity contribution in [2.24, 2.45) is 0 Å². The van der Waals surface area contributed by atoms with Crippen molar-refractivity contribution in [1.29, 1.82) is 0 Å². The normalized spacial score (nSPS) is 13.5. The molecule has 3 rings (SSSR count). The van der Waals surface area contributed by atoms with Gasteiger partial charge in [0, 0.05) is 16.1 Å². The van der Waals surface area contributed by atoms with Crippen molar-refractivity contribution in [2.45, 2.75) is 39.2 Å². The third-order valence-corrected chi connectivity index (χ3v) is 4.72. The van der Waals surface area contributed by atoms with Crippen molar-refractivity contribution in [3.8, 4) is 0 Å². The van der Waals surface area contributed by atoms with Crippen LogP contribution in [-0.4, -0.2) is 5.91 Å². The van der Waals surface area contributed by atoms with Gasteiger partial charge in [-0.05, 0) is 71.8 Å². The maximum Gasteiger partial charge on any atom is 0.290 e. The Kier molecular flexibility index (Phi) is 4.57. The average molecular weight is 360 g/mol. The number of hydrogen-bond donors (Lipinski definition) is 1. The fraction of sp³-hybridized carbons (Fsp3) is 0.333. The van der Waals surface area contributed by atoms with Gasteiger partial charge in [0.05, 0.1) is 5.69 Å². The number of aromatic nitrogens is 1. The van der Waals surface area contributed by atoms with Crippen LogP contribution in [0.5, 0.6) is 0 Å². The second-order valence-electron chi connectivity index (χ2n) is 5.91. The molecular formula is C18H20BrN2O+. The molecule has 1 aliphatic rings. The number of nitrogens with zero attached hydrogens (tertiary/aromatic N) is 1. The highest BCUT2D eigenvalue weighted by molar-refractivity contribution is 9.10. The van der Waals surface area contributed by atoms with Crippen molar-refractivity contribution < 1.29 is 9.36 Å². The summed E-state index contributed by atoms with van der Waals surface area (Å²) in [4.78, 5) is 12.2. The molecule has 0 aliphatic heterocycles. The maximum absolute atomic E-state index is 12.2. The number of hydrogen-bond acceptors (Lipinski definition) is 1. The van der Waals surface area contributed by atoms with Gasteiger partial charge in [0.25, 0.3) is 5.91 Å². The highest BCUT2D eigenvalue weighted by atomic mass is 79.9. The summed E-state index contributed by atoms with van der Waals surface area (Å²) in [6.45, 7) is 2.37. The molecule has 0 bridgehead atoms. The summed E-state index contributed by atoms with van der Waals surface area (Å²) in [6, 6.07) is 8.08. The smallest absolute Gasteiger partial charge is 0.290 e. The number of carbonyl (C=O) groups is 1. The lowest BCUT2D eigenvalue weighted by molar-refractivity contribution is -0.684. The highest BCUT2D eigenvalue weighted by Gasteiger charge is 2.16. The van der Waals surface area contributed by atoms with E-state index in [1.807, 2.05) is 35.9 Å². The summed E-state index contributed by atoms with van der Waals surface area (Å²) in [6.07, 6.45) is 8.95. The predicted molar refractivity (Wildman–Crippen MR) is 90.8 cm³/mol. The molecule has 0 fully saturated rings. The number of rotatable bonds is 3. The van der Waals surface area contributed by atoms with Crippen LogP contribution in [0.15, 0.2) is 41.1 Å². The summed E-state index contributed by atoms with van der Waals surface area (Å²) >= 11 is 3.49. The number of nitrogens with one attached hydrogen (secondary N) is 1. The monoisotopic (exact) mass is 359 g/mol. The maximum atomic E-state index is 12.2. The van der Waals surface area contributed by atoms with Crippen LogP contribution in [-0.2, 0) is 24.2 Å². The van der Waals surface area contributed by atoms with E-state index in [2.05, 4.69) is 33.5 Å². The number of carbonyl (C=O) groups excluding carboxylic acids is 1. The number of anilines is 1. The van der Waals surface area contributed by atoms with Crippen LogP contribution in [0.3, 0.4) is 0 Å². The van der Waals surface area contributed by atoms with Crippen LogP contribution >= 0.6 is 15.9 Å². The van der Waals surface area contributed by atoms with Crippen molar-refractivity contribution in [1.82, 2.24) is 0 Å². The summed E-state index contributed by atoms with van der Waals surface area (Å²) in [5.74, 6) is -0.00897. The molecule has 4 heteroatoms. The van der Waals surface area contributed by atoms with E-state index in [4.69, 9.17) is 0 Å². The Bertz CT molecular complexity index is 712. The van der Waals surface area contributed by atoms with E-state index in [0.29, 0.717) is 6.54 Å². The van der Waals surface area contributed by atoms with E-state index < -0.39 is 0 Å². The van der Waals surface area contributed by atoms with Gasteiger partial charge in [0.1, 0.15) is 0 Å². The topological polar surface area (TPSA) is 33.0 Å². The highest BCUT2D eigenvalue weighted by Crippen LogP contribution is 2.23. The Balaban J connectivity index is 1.69. The van der Waals surface area contributed by atoms with Gasteiger partial charge in [-0.1, -0.05) is 6.07 Å². The summed E-state index contributed by atoms with van der Waals surface area (Å²) < 4.78 is 2.89. The van der Waals surface area contributed by atoms with Crippen LogP contribution in [0.4, 0.5) is 5.69 Å². The quantitative estimate of drug-likeness (QED) is 0.835. The first kappa shape index (κ1) is 15.2. The molecule has 1 aromatic carbocycles. The zero-order valence-corrected chi connectivity index (χ0v) is 14.3. The summed E-state index contributed by atoms with van der Waals surface area (Å²) in [5, 5.41) is 2.96. The number of fused-ring (bicyclic) bond motifs is 1. The van der Waals surface area contributed by atoms with E-state index in [9.17, 15) is 4.79 Å². The third-order valence-electron chi connectivity index (χ3n) is 4.07. The summed E-state index contributed by atoms with van der Waals surface area (Å²) in [5.41, 5.74) is 4.80. The second kappa shape index (κ2) is 6.61. The predicted octanol–water partition coefficient (Wildman–Crippen LogP) is 3.56. The minimum Gasteiger partial charge on any atom is -0.320 e. The molecule has 0 saturated carbocycles. The molecule has 0 radical (unpaired) electrons. The van der Waals surface area contributed by atoms with Gasteiger partial charge in [0.2, 0.25) is 6.54 Å². The van der Waals surface area contributed by atoms with Crippen LogP contribution in [0.2, 0.25) is 0 Å². The first-order valence-electron chi connectivity index (χ1n) is 7.69. The fourth-order valence-corrected chi connectivity index (χ4v) is 3.49. The number of halogens is 1. The van der Waals surface area contributed by atoms with E-state index >= 15 is 0 Å². The van der Waals surface area contributed by atoms with Crippen molar-refractivity contribution in [2.75, 3.05) is 5.32 Å². The van der Waals surface area contributed by atoms with Crippen LogP contribution in [0.1, 0.15) is 29.5 Å². The molecule has 1 amide bonds. The van der Waals surface area contributed by atoms with E-state index in [1.54, 1.807) is 0 Å². The van der Waals surface area contributed by atoms with E-state index in [1.165, 1.54) is 30.4 Å². The lowest BCUT2D eigenvalue weighted by Gasteiger charge is -2.13. The lowest BCUT2D eigenvalue weighted by atomic mass is 9.93. The molecule has 1 aliphatic carbocycles. The molecular weight excluding hydrogens is 340 g/mol. The molecule has 0 spiro atoms. The summed E-state index contributed by atoms with van der Waals surface area (Å²) in [7, 11) is 0. The molecule has 0 saturated heterocycles. The first-order valence-corrected chi connectivity index (χ1v) is 8.48. The Labute approximate surface area is 139 Å². The van der Waals surface area contributed by atoms with E-state index in [-0.39, 0.29) is 5.91 Å². The van der Waals surface area contributed by atoms with Crippen molar-refractivity contribution in [3.05, 3.63) is 57.8 Å². The largest absolute Gasteiger partial charge is 0.320 e. The van der Waals surface area contributed by atoms with Crippen molar-refractivity contribution >= 4 is 27.5 Å². The molecule has 1 N–H and O–H groups in total. The zero-order chi connectivity index (χ0) is 15.5.